The average molecular weight is 280 g/mol. The molecule has 0 spiro atoms. The van der Waals surface area contributed by atoms with Crippen LogP contribution in [0.1, 0.15) is 25.5 Å². The number of methoxy groups -OCH3 is 1. The second-order valence-electron chi connectivity index (χ2n) is 4.71. The number of nitrogens with one attached hydrogen (secondary N) is 1. The van der Waals surface area contributed by atoms with Crippen LogP contribution in [0.4, 0.5) is 10.1 Å². The Labute approximate surface area is 121 Å². The number of ether oxygens (including phenoxy) is 1. The molecule has 0 bridgehead atoms. The number of rotatable bonds is 9. The van der Waals surface area contributed by atoms with Crippen LogP contribution in [0.15, 0.2) is 30.9 Å². The van der Waals surface area contributed by atoms with E-state index in [-0.39, 0.29) is 11.9 Å². The lowest BCUT2D eigenvalue weighted by molar-refractivity contribution is 0.205. The lowest BCUT2D eigenvalue weighted by atomic mass is 10.0. The summed E-state index contributed by atoms with van der Waals surface area (Å²) in [5.41, 5.74) is 1.99. The average Bonchev–Trinajstić information content (AvgIpc) is 2.44. The Morgan fingerprint density at radius 3 is 2.85 bits per heavy atom. The van der Waals surface area contributed by atoms with Gasteiger partial charge in [0.25, 0.3) is 0 Å². The van der Waals surface area contributed by atoms with Crippen LogP contribution in [0.5, 0.6) is 0 Å². The maximum atomic E-state index is 13.6. The Balaban J connectivity index is 3.08. The van der Waals surface area contributed by atoms with E-state index in [0.29, 0.717) is 13.2 Å². The largest absolute Gasteiger partial charge is 0.383 e. The quantitative estimate of drug-likeness (QED) is 0.703. The normalized spacial score (nSPS) is 12.2. The van der Waals surface area contributed by atoms with E-state index < -0.39 is 0 Å². The Kier molecular flexibility index (Phi) is 7.26. The first-order chi connectivity index (χ1) is 9.63. The van der Waals surface area contributed by atoms with Gasteiger partial charge in [0, 0.05) is 31.9 Å². The van der Waals surface area contributed by atoms with Crippen LogP contribution in [0.25, 0.3) is 0 Å². The maximum absolute atomic E-state index is 13.6. The van der Waals surface area contributed by atoms with Gasteiger partial charge in [0.2, 0.25) is 0 Å². The minimum Gasteiger partial charge on any atom is -0.383 e. The van der Waals surface area contributed by atoms with Gasteiger partial charge in [-0.2, -0.15) is 0 Å². The van der Waals surface area contributed by atoms with E-state index in [4.69, 9.17) is 4.74 Å². The third kappa shape index (κ3) is 4.62. The number of benzene rings is 1. The summed E-state index contributed by atoms with van der Waals surface area (Å²) in [6.45, 7) is 10.8. The summed E-state index contributed by atoms with van der Waals surface area (Å²) in [4.78, 5) is 2.15. The van der Waals surface area contributed by atoms with Crippen LogP contribution < -0.4 is 10.2 Å². The van der Waals surface area contributed by atoms with Crippen molar-refractivity contribution in [2.45, 2.75) is 19.9 Å². The predicted molar refractivity (Wildman–Crippen MR) is 82.8 cm³/mol. The van der Waals surface area contributed by atoms with Crippen molar-refractivity contribution in [1.29, 1.82) is 0 Å². The van der Waals surface area contributed by atoms with Gasteiger partial charge in [-0.15, -0.1) is 6.58 Å². The highest BCUT2D eigenvalue weighted by Crippen LogP contribution is 2.27. The summed E-state index contributed by atoms with van der Waals surface area (Å²) in [6.07, 6.45) is 1.85. The molecule has 112 valence electrons. The molecule has 0 heterocycles. The molecule has 0 saturated heterocycles. The highest BCUT2D eigenvalue weighted by atomic mass is 19.1. The van der Waals surface area contributed by atoms with Crippen LogP contribution in [0, 0.1) is 5.82 Å². The van der Waals surface area contributed by atoms with E-state index in [1.54, 1.807) is 13.2 Å². The van der Waals surface area contributed by atoms with Gasteiger partial charge in [0.1, 0.15) is 5.82 Å². The molecule has 0 radical (unpaired) electrons. The van der Waals surface area contributed by atoms with Gasteiger partial charge in [-0.25, -0.2) is 4.39 Å². The molecule has 20 heavy (non-hydrogen) atoms. The zero-order chi connectivity index (χ0) is 15.0. The summed E-state index contributed by atoms with van der Waals surface area (Å²) in [7, 11) is 1.68. The van der Waals surface area contributed by atoms with Crippen LogP contribution in [0.3, 0.4) is 0 Å². The van der Waals surface area contributed by atoms with Gasteiger partial charge in [-0.1, -0.05) is 13.0 Å². The first-order valence-corrected chi connectivity index (χ1v) is 7.01. The molecule has 1 unspecified atom stereocenters. The van der Waals surface area contributed by atoms with Gasteiger partial charge >= 0.3 is 0 Å². The van der Waals surface area contributed by atoms with Crippen molar-refractivity contribution in [3.05, 3.63) is 42.2 Å². The highest BCUT2D eigenvalue weighted by Gasteiger charge is 2.15. The summed E-state index contributed by atoms with van der Waals surface area (Å²) in [5.74, 6) is -0.209. The number of hydrogen-bond donors (Lipinski definition) is 1. The topological polar surface area (TPSA) is 24.5 Å². The Morgan fingerprint density at radius 1 is 1.50 bits per heavy atom. The lowest BCUT2D eigenvalue weighted by Gasteiger charge is -2.28. The minimum atomic E-state index is -0.209. The summed E-state index contributed by atoms with van der Waals surface area (Å²) < 4.78 is 18.7. The standard InChI is InChI=1S/C16H25FN2O/c1-5-9-19(10-11-20-4)16-8-7-14(17)12-15(16)13(3)18-6-2/h5,7-8,12-13,18H,1,6,9-11H2,2-4H3. The number of anilines is 1. The molecule has 1 aromatic rings. The molecule has 1 atom stereocenters. The zero-order valence-corrected chi connectivity index (χ0v) is 12.7. The molecule has 0 aliphatic rings. The molecule has 4 heteroatoms. The van der Waals surface area contributed by atoms with Crippen molar-refractivity contribution >= 4 is 5.69 Å². The van der Waals surface area contributed by atoms with Gasteiger partial charge in [-0.05, 0) is 37.2 Å². The monoisotopic (exact) mass is 280 g/mol. The zero-order valence-electron chi connectivity index (χ0n) is 12.7. The third-order valence-electron chi connectivity index (χ3n) is 3.22. The number of hydrogen-bond acceptors (Lipinski definition) is 3. The van der Waals surface area contributed by atoms with Crippen molar-refractivity contribution < 1.29 is 9.13 Å². The molecule has 0 saturated carbocycles. The molecule has 0 fully saturated rings. The van der Waals surface area contributed by atoms with Gasteiger partial charge < -0.3 is 15.0 Å². The summed E-state index contributed by atoms with van der Waals surface area (Å²) >= 11 is 0. The molecule has 1 N–H and O–H groups in total. The minimum absolute atomic E-state index is 0.0977. The fourth-order valence-electron chi connectivity index (χ4n) is 2.24. The molecule has 1 rings (SSSR count). The van der Waals surface area contributed by atoms with Gasteiger partial charge in [0.15, 0.2) is 0 Å². The number of nitrogens with zero attached hydrogens (tertiary/aromatic N) is 1. The van der Waals surface area contributed by atoms with Crippen molar-refractivity contribution in [3.63, 3.8) is 0 Å². The fourth-order valence-corrected chi connectivity index (χ4v) is 2.24. The fraction of sp³-hybridized carbons (Fsp3) is 0.500. The van der Waals surface area contributed by atoms with Crippen LogP contribution in [-0.4, -0.2) is 33.4 Å². The molecule has 0 amide bonds. The van der Waals surface area contributed by atoms with E-state index in [1.165, 1.54) is 6.07 Å². The molecule has 0 aliphatic carbocycles. The van der Waals surface area contributed by atoms with E-state index in [2.05, 4.69) is 16.8 Å². The van der Waals surface area contributed by atoms with E-state index in [9.17, 15) is 4.39 Å². The molecule has 0 aliphatic heterocycles. The van der Waals surface area contributed by atoms with E-state index in [0.717, 1.165) is 24.3 Å². The highest BCUT2D eigenvalue weighted by molar-refractivity contribution is 5.55. The first-order valence-electron chi connectivity index (χ1n) is 7.01. The van der Waals surface area contributed by atoms with Gasteiger partial charge in [0.05, 0.1) is 6.61 Å². The second kappa shape index (κ2) is 8.72. The molecular formula is C16H25FN2O. The van der Waals surface area contributed by atoms with Crippen LogP contribution in [-0.2, 0) is 4.74 Å². The first kappa shape index (κ1) is 16.7. The van der Waals surface area contributed by atoms with E-state index >= 15 is 0 Å². The Hall–Kier alpha value is -1.39. The molecule has 1 aromatic carbocycles. The third-order valence-corrected chi connectivity index (χ3v) is 3.22. The van der Waals surface area contributed by atoms with E-state index in [1.807, 2.05) is 26.0 Å². The smallest absolute Gasteiger partial charge is 0.123 e. The Morgan fingerprint density at radius 2 is 2.25 bits per heavy atom. The van der Waals surface area contributed by atoms with Gasteiger partial charge in [-0.3, -0.25) is 0 Å². The second-order valence-corrected chi connectivity index (χ2v) is 4.71. The lowest BCUT2D eigenvalue weighted by Crippen LogP contribution is -2.30. The molecule has 3 nitrogen and oxygen atoms in total. The SMILES string of the molecule is C=CCN(CCOC)c1ccc(F)cc1C(C)NCC. The predicted octanol–water partition coefficient (Wildman–Crippen LogP) is 3.14. The van der Waals surface area contributed by atoms with Crippen molar-refractivity contribution in [2.75, 3.05) is 38.3 Å². The maximum Gasteiger partial charge on any atom is 0.123 e. The van der Waals surface area contributed by atoms with Crippen LogP contribution in [0.2, 0.25) is 0 Å². The Bertz CT molecular complexity index is 423. The molecular weight excluding hydrogens is 255 g/mol. The molecule has 0 aromatic heterocycles. The summed E-state index contributed by atoms with van der Waals surface area (Å²) in [5, 5.41) is 3.33. The van der Waals surface area contributed by atoms with Crippen molar-refractivity contribution in [1.82, 2.24) is 5.32 Å². The number of halogens is 1. The summed E-state index contributed by atoms with van der Waals surface area (Å²) in [6, 6.07) is 5.03. The van der Waals surface area contributed by atoms with Crippen LogP contribution >= 0.6 is 0 Å². The van der Waals surface area contributed by atoms with Crippen molar-refractivity contribution in [2.24, 2.45) is 0 Å². The van der Waals surface area contributed by atoms with Crippen molar-refractivity contribution in [3.8, 4) is 0 Å².